The third kappa shape index (κ3) is 3.64. The number of nitrogens with zero attached hydrogens (tertiary/aromatic N) is 3. The Kier molecular flexibility index (Phi) is 4.32. The normalized spacial score (nSPS) is 12.6. The van der Waals surface area contributed by atoms with Crippen LogP contribution < -0.4 is 5.32 Å². The van der Waals surface area contributed by atoms with Gasteiger partial charge in [0.15, 0.2) is 0 Å². The van der Waals surface area contributed by atoms with Crippen molar-refractivity contribution in [1.82, 2.24) is 20.1 Å². The molecule has 0 fully saturated rings. The average molecular weight is 258 g/mol. The van der Waals surface area contributed by atoms with E-state index in [1.165, 1.54) is 16.7 Å². The molecule has 2 aromatic rings. The van der Waals surface area contributed by atoms with Crippen LogP contribution in [0.2, 0.25) is 0 Å². The predicted molar refractivity (Wildman–Crippen MR) is 77.0 cm³/mol. The van der Waals surface area contributed by atoms with E-state index in [0.717, 1.165) is 18.8 Å². The Morgan fingerprint density at radius 3 is 2.47 bits per heavy atom. The molecule has 102 valence electrons. The fourth-order valence-corrected chi connectivity index (χ4v) is 2.31. The van der Waals surface area contributed by atoms with E-state index >= 15 is 0 Å². The minimum Gasteiger partial charge on any atom is -0.321 e. The van der Waals surface area contributed by atoms with Crippen molar-refractivity contribution in [3.63, 3.8) is 0 Å². The van der Waals surface area contributed by atoms with E-state index in [1.54, 1.807) is 6.33 Å². The molecule has 0 saturated heterocycles. The standard InChI is InChI=1S/C15H22N4/c1-11-7-12(2)9-14(8-11)13(3)16-6-5-15-18-17-10-19(15)4/h7-10,13,16H,5-6H2,1-4H3. The number of benzene rings is 1. The Labute approximate surface area is 114 Å². The summed E-state index contributed by atoms with van der Waals surface area (Å²) in [5.41, 5.74) is 3.98. The summed E-state index contributed by atoms with van der Waals surface area (Å²) in [5, 5.41) is 11.5. The Hall–Kier alpha value is -1.68. The van der Waals surface area contributed by atoms with Crippen LogP contribution in [-0.4, -0.2) is 21.3 Å². The fraction of sp³-hybridized carbons (Fsp3) is 0.467. The lowest BCUT2D eigenvalue weighted by molar-refractivity contribution is 0.564. The molecule has 19 heavy (non-hydrogen) atoms. The molecule has 0 aliphatic heterocycles. The van der Waals surface area contributed by atoms with Gasteiger partial charge in [-0.1, -0.05) is 29.3 Å². The minimum absolute atomic E-state index is 0.354. The van der Waals surface area contributed by atoms with Crippen LogP contribution in [0, 0.1) is 13.8 Å². The molecule has 1 heterocycles. The monoisotopic (exact) mass is 258 g/mol. The van der Waals surface area contributed by atoms with Gasteiger partial charge in [-0.25, -0.2) is 0 Å². The summed E-state index contributed by atoms with van der Waals surface area (Å²) >= 11 is 0. The summed E-state index contributed by atoms with van der Waals surface area (Å²) in [6.45, 7) is 7.39. The zero-order chi connectivity index (χ0) is 13.8. The van der Waals surface area contributed by atoms with Gasteiger partial charge < -0.3 is 9.88 Å². The highest BCUT2D eigenvalue weighted by Gasteiger charge is 2.07. The van der Waals surface area contributed by atoms with Gasteiger partial charge in [-0.3, -0.25) is 0 Å². The van der Waals surface area contributed by atoms with Gasteiger partial charge in [-0.15, -0.1) is 10.2 Å². The molecule has 0 bridgehead atoms. The molecule has 0 aliphatic carbocycles. The number of hydrogen-bond donors (Lipinski definition) is 1. The third-order valence-corrected chi connectivity index (χ3v) is 3.35. The van der Waals surface area contributed by atoms with Gasteiger partial charge in [0.1, 0.15) is 12.2 Å². The first-order chi connectivity index (χ1) is 9.06. The first kappa shape index (κ1) is 13.7. The molecule has 1 unspecified atom stereocenters. The SMILES string of the molecule is Cc1cc(C)cc(C(C)NCCc2nncn2C)c1. The van der Waals surface area contributed by atoms with Crippen LogP contribution in [-0.2, 0) is 13.5 Å². The van der Waals surface area contributed by atoms with E-state index in [2.05, 4.69) is 54.5 Å². The highest BCUT2D eigenvalue weighted by Crippen LogP contribution is 2.16. The van der Waals surface area contributed by atoms with Crippen LogP contribution in [0.3, 0.4) is 0 Å². The Morgan fingerprint density at radius 2 is 1.89 bits per heavy atom. The Morgan fingerprint density at radius 1 is 1.21 bits per heavy atom. The molecule has 1 atom stereocenters. The zero-order valence-electron chi connectivity index (χ0n) is 12.1. The zero-order valence-corrected chi connectivity index (χ0v) is 12.1. The van der Waals surface area contributed by atoms with Crippen molar-refractivity contribution in [2.45, 2.75) is 33.2 Å². The van der Waals surface area contributed by atoms with Crippen LogP contribution in [0.1, 0.15) is 35.5 Å². The highest BCUT2D eigenvalue weighted by molar-refractivity contribution is 5.30. The van der Waals surface area contributed by atoms with Crippen molar-refractivity contribution >= 4 is 0 Å². The summed E-state index contributed by atoms with van der Waals surface area (Å²) in [4.78, 5) is 0. The minimum atomic E-state index is 0.354. The van der Waals surface area contributed by atoms with Gasteiger partial charge in [0, 0.05) is 26.1 Å². The largest absolute Gasteiger partial charge is 0.321 e. The second-order valence-corrected chi connectivity index (χ2v) is 5.20. The van der Waals surface area contributed by atoms with Gasteiger partial charge in [-0.2, -0.15) is 0 Å². The number of aryl methyl sites for hydroxylation is 3. The number of nitrogens with one attached hydrogen (secondary N) is 1. The van der Waals surface area contributed by atoms with Crippen LogP contribution in [0.15, 0.2) is 24.5 Å². The van der Waals surface area contributed by atoms with Crippen LogP contribution in [0.25, 0.3) is 0 Å². The van der Waals surface area contributed by atoms with Gasteiger partial charge in [0.05, 0.1) is 0 Å². The molecule has 1 aromatic heterocycles. The molecular formula is C15H22N4. The molecule has 4 nitrogen and oxygen atoms in total. The summed E-state index contributed by atoms with van der Waals surface area (Å²) in [6.07, 6.45) is 2.63. The lowest BCUT2D eigenvalue weighted by Gasteiger charge is -2.15. The van der Waals surface area contributed by atoms with Gasteiger partial charge in [0.25, 0.3) is 0 Å². The van der Waals surface area contributed by atoms with Gasteiger partial charge in [0.2, 0.25) is 0 Å². The van der Waals surface area contributed by atoms with E-state index in [-0.39, 0.29) is 0 Å². The van der Waals surface area contributed by atoms with Crippen LogP contribution in [0.4, 0.5) is 0 Å². The van der Waals surface area contributed by atoms with Crippen molar-refractivity contribution in [3.05, 3.63) is 47.0 Å². The van der Waals surface area contributed by atoms with E-state index in [9.17, 15) is 0 Å². The van der Waals surface area contributed by atoms with Crippen LogP contribution in [0.5, 0.6) is 0 Å². The molecule has 0 amide bonds. The molecule has 0 spiro atoms. The fourth-order valence-electron chi connectivity index (χ4n) is 2.31. The lowest BCUT2D eigenvalue weighted by atomic mass is 10.0. The Bertz CT molecular complexity index is 525. The first-order valence-corrected chi connectivity index (χ1v) is 6.70. The van der Waals surface area contributed by atoms with E-state index in [0.29, 0.717) is 6.04 Å². The topological polar surface area (TPSA) is 42.7 Å². The maximum Gasteiger partial charge on any atom is 0.133 e. The number of rotatable bonds is 5. The third-order valence-electron chi connectivity index (χ3n) is 3.35. The van der Waals surface area contributed by atoms with Crippen LogP contribution >= 0.6 is 0 Å². The van der Waals surface area contributed by atoms with E-state index in [1.807, 2.05) is 11.6 Å². The lowest BCUT2D eigenvalue weighted by Crippen LogP contribution is -2.22. The molecule has 0 saturated carbocycles. The summed E-state index contributed by atoms with van der Waals surface area (Å²) in [6, 6.07) is 7.04. The van der Waals surface area contributed by atoms with Crippen molar-refractivity contribution < 1.29 is 0 Å². The molecule has 4 heteroatoms. The van der Waals surface area contributed by atoms with Gasteiger partial charge >= 0.3 is 0 Å². The number of hydrogen-bond acceptors (Lipinski definition) is 3. The van der Waals surface area contributed by atoms with E-state index < -0.39 is 0 Å². The second kappa shape index (κ2) is 5.97. The van der Waals surface area contributed by atoms with Gasteiger partial charge in [-0.05, 0) is 26.3 Å². The quantitative estimate of drug-likeness (QED) is 0.895. The van der Waals surface area contributed by atoms with E-state index in [4.69, 9.17) is 0 Å². The summed E-state index contributed by atoms with van der Waals surface area (Å²) in [5.74, 6) is 1.01. The smallest absolute Gasteiger partial charge is 0.133 e. The molecule has 0 aliphatic rings. The van der Waals surface area contributed by atoms with Crippen molar-refractivity contribution in [2.24, 2.45) is 7.05 Å². The van der Waals surface area contributed by atoms with Crippen molar-refractivity contribution in [1.29, 1.82) is 0 Å². The molecule has 2 rings (SSSR count). The highest BCUT2D eigenvalue weighted by atomic mass is 15.2. The maximum absolute atomic E-state index is 4.09. The first-order valence-electron chi connectivity index (χ1n) is 6.70. The average Bonchev–Trinajstić information content (AvgIpc) is 2.74. The summed E-state index contributed by atoms with van der Waals surface area (Å²) < 4.78 is 1.96. The predicted octanol–water partition coefficient (Wildman–Crippen LogP) is 2.33. The molecule has 1 aromatic carbocycles. The van der Waals surface area contributed by atoms with Crippen molar-refractivity contribution in [3.8, 4) is 0 Å². The molecular weight excluding hydrogens is 236 g/mol. The second-order valence-electron chi connectivity index (χ2n) is 5.20. The maximum atomic E-state index is 4.09. The molecule has 1 N–H and O–H groups in total. The molecule has 0 radical (unpaired) electrons. The van der Waals surface area contributed by atoms with Crippen molar-refractivity contribution in [2.75, 3.05) is 6.54 Å². The Balaban J connectivity index is 1.90. The number of aromatic nitrogens is 3. The summed E-state index contributed by atoms with van der Waals surface area (Å²) in [7, 11) is 1.97.